The minimum atomic E-state index is -1.19. The van der Waals surface area contributed by atoms with Crippen molar-refractivity contribution in [1.82, 2.24) is 0 Å². The summed E-state index contributed by atoms with van der Waals surface area (Å²) in [7, 11) is 0. The minimum Gasteiger partial charge on any atom is -0.545 e. The maximum Gasteiger partial charge on any atom is 0.328 e. The number of esters is 1. The molecule has 3 rings (SSSR count). The van der Waals surface area contributed by atoms with Crippen molar-refractivity contribution in [3.63, 3.8) is 0 Å². The number of anilines is 1. The molecule has 5 nitrogen and oxygen atoms in total. The second-order valence-electron chi connectivity index (χ2n) is 5.32. The van der Waals surface area contributed by atoms with E-state index in [9.17, 15) is 14.7 Å². The summed E-state index contributed by atoms with van der Waals surface area (Å²) in [6.45, 7) is 2.13. The molecule has 0 fully saturated rings. The molecular formula is C16H16NO4-. The summed E-state index contributed by atoms with van der Waals surface area (Å²) in [6, 6.07) is 4.41. The largest absolute Gasteiger partial charge is 0.545 e. The Morgan fingerprint density at radius 2 is 2.24 bits per heavy atom. The summed E-state index contributed by atoms with van der Waals surface area (Å²) < 4.78 is 5.13. The maximum atomic E-state index is 12.1. The fourth-order valence-corrected chi connectivity index (χ4v) is 3.19. The number of aromatic carboxylic acids is 1. The summed E-state index contributed by atoms with van der Waals surface area (Å²) in [4.78, 5) is 23.1. The Labute approximate surface area is 122 Å². The lowest BCUT2D eigenvalue weighted by Crippen LogP contribution is -2.43. The molecule has 1 aromatic carbocycles. The van der Waals surface area contributed by atoms with Crippen LogP contribution in [0.5, 0.6) is 0 Å². The molecule has 0 amide bonds. The van der Waals surface area contributed by atoms with E-state index in [1.165, 1.54) is 6.07 Å². The molecule has 0 aromatic heterocycles. The number of carboxylic acid groups (broad SMARTS) is 1. The first kappa shape index (κ1) is 13.7. The third-order valence-corrected chi connectivity index (χ3v) is 4.14. The van der Waals surface area contributed by atoms with E-state index in [4.69, 9.17) is 4.74 Å². The summed E-state index contributed by atoms with van der Waals surface area (Å²) in [5.74, 6) is -1.35. The zero-order chi connectivity index (χ0) is 15.0. The van der Waals surface area contributed by atoms with Crippen LogP contribution in [-0.4, -0.2) is 24.6 Å². The molecule has 1 aliphatic heterocycles. The highest BCUT2D eigenvalue weighted by molar-refractivity contribution is 5.88. The quantitative estimate of drug-likeness (QED) is 0.664. The number of rotatable bonds is 3. The molecular weight excluding hydrogens is 270 g/mol. The molecule has 1 aliphatic carbocycles. The Morgan fingerprint density at radius 3 is 2.95 bits per heavy atom. The molecule has 110 valence electrons. The van der Waals surface area contributed by atoms with Crippen molar-refractivity contribution < 1.29 is 19.4 Å². The van der Waals surface area contributed by atoms with Gasteiger partial charge < -0.3 is 20.0 Å². The van der Waals surface area contributed by atoms with Crippen molar-refractivity contribution in [2.75, 3.05) is 11.9 Å². The molecule has 0 radical (unpaired) electrons. The number of hydrogen-bond donors (Lipinski definition) is 1. The highest BCUT2D eigenvalue weighted by Crippen LogP contribution is 2.45. The predicted octanol–water partition coefficient (Wildman–Crippen LogP) is 1.07. The van der Waals surface area contributed by atoms with Crippen LogP contribution in [-0.2, 0) is 9.53 Å². The van der Waals surface area contributed by atoms with E-state index in [0.29, 0.717) is 6.61 Å². The molecule has 21 heavy (non-hydrogen) atoms. The lowest BCUT2D eigenvalue weighted by molar-refractivity contribution is -0.255. The Bertz CT molecular complexity index is 623. The second-order valence-corrected chi connectivity index (χ2v) is 5.32. The molecule has 1 heterocycles. The maximum absolute atomic E-state index is 12.1. The van der Waals surface area contributed by atoms with Crippen LogP contribution in [0.1, 0.15) is 35.2 Å². The van der Waals surface area contributed by atoms with E-state index in [1.807, 2.05) is 12.2 Å². The third-order valence-electron chi connectivity index (χ3n) is 4.14. The topological polar surface area (TPSA) is 78.5 Å². The number of carboxylic acids is 1. The summed E-state index contributed by atoms with van der Waals surface area (Å²) in [6.07, 6.45) is 4.84. The van der Waals surface area contributed by atoms with Gasteiger partial charge in [0.25, 0.3) is 0 Å². The average molecular weight is 286 g/mol. The first-order valence-electron chi connectivity index (χ1n) is 7.07. The van der Waals surface area contributed by atoms with Gasteiger partial charge in [0.2, 0.25) is 0 Å². The van der Waals surface area contributed by atoms with Crippen LogP contribution < -0.4 is 10.4 Å². The van der Waals surface area contributed by atoms with E-state index in [0.717, 1.165) is 17.7 Å². The molecule has 0 saturated heterocycles. The van der Waals surface area contributed by atoms with Crippen LogP contribution in [0.4, 0.5) is 5.69 Å². The van der Waals surface area contributed by atoms with E-state index >= 15 is 0 Å². The molecule has 0 spiro atoms. The molecule has 0 unspecified atom stereocenters. The number of fused-ring (bicyclic) bond motifs is 3. The molecule has 2 aliphatic rings. The average Bonchev–Trinajstić information content (AvgIpc) is 2.95. The van der Waals surface area contributed by atoms with Gasteiger partial charge in [-0.1, -0.05) is 18.2 Å². The van der Waals surface area contributed by atoms with Gasteiger partial charge >= 0.3 is 5.97 Å². The Hall–Kier alpha value is -2.30. The van der Waals surface area contributed by atoms with Gasteiger partial charge in [-0.25, -0.2) is 4.79 Å². The lowest BCUT2D eigenvalue weighted by atomic mass is 9.79. The SMILES string of the molecule is CCOC(=O)[C@@H]1Nc2ccc(C(=O)[O-])cc2[C@@H]2C=CC[C@H]12. The number of allylic oxidation sites excluding steroid dienone is 2. The van der Waals surface area contributed by atoms with Crippen molar-refractivity contribution in [2.45, 2.75) is 25.3 Å². The molecule has 1 aromatic rings. The monoisotopic (exact) mass is 286 g/mol. The van der Waals surface area contributed by atoms with Crippen LogP contribution in [0.25, 0.3) is 0 Å². The van der Waals surface area contributed by atoms with Crippen molar-refractivity contribution in [2.24, 2.45) is 5.92 Å². The van der Waals surface area contributed by atoms with Gasteiger partial charge in [-0.15, -0.1) is 0 Å². The van der Waals surface area contributed by atoms with Gasteiger partial charge in [0.1, 0.15) is 6.04 Å². The van der Waals surface area contributed by atoms with Crippen LogP contribution >= 0.6 is 0 Å². The zero-order valence-corrected chi connectivity index (χ0v) is 11.7. The predicted molar refractivity (Wildman–Crippen MR) is 74.8 cm³/mol. The number of nitrogens with one attached hydrogen (secondary N) is 1. The smallest absolute Gasteiger partial charge is 0.328 e. The molecule has 1 N–H and O–H groups in total. The van der Waals surface area contributed by atoms with E-state index in [-0.39, 0.29) is 23.4 Å². The van der Waals surface area contributed by atoms with Crippen LogP contribution in [0.3, 0.4) is 0 Å². The highest BCUT2D eigenvalue weighted by Gasteiger charge is 2.41. The molecule has 3 atom stereocenters. The molecule has 5 heteroatoms. The Morgan fingerprint density at radius 1 is 1.43 bits per heavy atom. The normalized spacial score (nSPS) is 25.7. The second kappa shape index (κ2) is 5.24. The number of carbonyl (C=O) groups excluding carboxylic acids is 2. The first-order chi connectivity index (χ1) is 10.1. The minimum absolute atomic E-state index is 0.0370. The lowest BCUT2D eigenvalue weighted by Gasteiger charge is -2.35. The Kier molecular flexibility index (Phi) is 3.41. The van der Waals surface area contributed by atoms with Gasteiger partial charge in [-0.05, 0) is 36.6 Å². The van der Waals surface area contributed by atoms with Crippen molar-refractivity contribution in [1.29, 1.82) is 0 Å². The Balaban J connectivity index is 1.98. The van der Waals surface area contributed by atoms with Crippen molar-refractivity contribution in [3.05, 3.63) is 41.5 Å². The van der Waals surface area contributed by atoms with Crippen molar-refractivity contribution >= 4 is 17.6 Å². The summed E-state index contributed by atoms with van der Waals surface area (Å²) >= 11 is 0. The number of hydrogen-bond acceptors (Lipinski definition) is 5. The van der Waals surface area contributed by atoms with Gasteiger partial charge in [0, 0.05) is 17.5 Å². The van der Waals surface area contributed by atoms with E-state index in [2.05, 4.69) is 5.32 Å². The summed E-state index contributed by atoms with van der Waals surface area (Å²) in [5, 5.41) is 14.2. The fourth-order valence-electron chi connectivity index (χ4n) is 3.19. The zero-order valence-electron chi connectivity index (χ0n) is 11.7. The van der Waals surface area contributed by atoms with Crippen LogP contribution in [0.2, 0.25) is 0 Å². The van der Waals surface area contributed by atoms with Crippen molar-refractivity contribution in [3.8, 4) is 0 Å². The number of benzene rings is 1. The fraction of sp³-hybridized carbons (Fsp3) is 0.375. The van der Waals surface area contributed by atoms with Gasteiger partial charge in [-0.2, -0.15) is 0 Å². The number of carbonyl (C=O) groups is 2. The van der Waals surface area contributed by atoms with Crippen LogP contribution in [0.15, 0.2) is 30.4 Å². The standard InChI is InChI=1S/C16H17NO4/c1-2-21-16(20)14-11-5-3-4-10(11)12-8-9(15(18)19)6-7-13(12)17-14/h3-4,6-8,10-11,14,17H,2,5H2,1H3,(H,18,19)/p-1/t10-,11+,14-/m1/s1. The van der Waals surface area contributed by atoms with Crippen LogP contribution in [0, 0.1) is 5.92 Å². The van der Waals surface area contributed by atoms with E-state index < -0.39 is 12.0 Å². The molecule has 0 saturated carbocycles. The molecule has 0 bridgehead atoms. The first-order valence-corrected chi connectivity index (χ1v) is 7.07. The highest BCUT2D eigenvalue weighted by atomic mass is 16.5. The van der Waals surface area contributed by atoms with E-state index in [1.54, 1.807) is 19.1 Å². The van der Waals surface area contributed by atoms with Gasteiger partial charge in [0.05, 0.1) is 12.6 Å². The third kappa shape index (κ3) is 2.28. The number of ether oxygens (including phenoxy) is 1. The van der Waals surface area contributed by atoms with Gasteiger partial charge in [0.15, 0.2) is 0 Å². The van der Waals surface area contributed by atoms with Gasteiger partial charge in [-0.3, -0.25) is 0 Å². The summed E-state index contributed by atoms with van der Waals surface area (Å²) in [5.41, 5.74) is 1.84.